The van der Waals surface area contributed by atoms with Gasteiger partial charge >= 0.3 is 0 Å². The van der Waals surface area contributed by atoms with E-state index in [1.807, 2.05) is 4.90 Å². The van der Waals surface area contributed by atoms with Crippen LogP contribution in [-0.4, -0.2) is 41.1 Å². The number of rotatable bonds is 2. The zero-order valence-electron chi connectivity index (χ0n) is 12.0. The van der Waals surface area contributed by atoms with Crippen molar-refractivity contribution >= 4 is 5.91 Å². The van der Waals surface area contributed by atoms with Gasteiger partial charge in [0.25, 0.3) is 5.91 Å². The Morgan fingerprint density at radius 3 is 2.86 bits per heavy atom. The Bertz CT molecular complexity index is 529. The monoisotopic (exact) mass is 292 g/mol. The van der Waals surface area contributed by atoms with Gasteiger partial charge in [0.1, 0.15) is 11.6 Å². The first-order chi connectivity index (χ1) is 10.2. The maximum absolute atomic E-state index is 13.1. The number of nitrogens with zero attached hydrogens (tertiary/aromatic N) is 1. The second-order valence-corrected chi connectivity index (χ2v) is 5.93. The predicted octanol–water partition coefficient (Wildman–Crippen LogP) is 2.28. The van der Waals surface area contributed by atoms with Crippen LogP contribution in [0.4, 0.5) is 4.39 Å². The van der Waals surface area contributed by atoms with Gasteiger partial charge in [-0.2, -0.15) is 0 Å². The van der Waals surface area contributed by atoms with E-state index in [2.05, 4.69) is 5.32 Å². The van der Waals surface area contributed by atoms with E-state index in [0.717, 1.165) is 44.7 Å². The summed E-state index contributed by atoms with van der Waals surface area (Å²) in [6.07, 6.45) is 5.33. The van der Waals surface area contributed by atoms with Gasteiger partial charge in [-0.05, 0) is 50.8 Å². The first-order valence-corrected chi connectivity index (χ1v) is 7.69. The van der Waals surface area contributed by atoms with Gasteiger partial charge in [-0.3, -0.25) is 4.79 Å². The number of halogens is 1. The summed E-state index contributed by atoms with van der Waals surface area (Å²) < 4.78 is 13.1. The Kier molecular flexibility index (Phi) is 4.10. The highest BCUT2D eigenvalue weighted by molar-refractivity contribution is 5.97. The number of likely N-dealkylation sites (tertiary alicyclic amines) is 1. The molecule has 0 aliphatic carbocycles. The molecule has 2 aliphatic heterocycles. The van der Waals surface area contributed by atoms with E-state index < -0.39 is 5.82 Å². The van der Waals surface area contributed by atoms with Gasteiger partial charge in [0.2, 0.25) is 0 Å². The molecule has 5 heteroatoms. The maximum Gasteiger partial charge on any atom is 0.257 e. The van der Waals surface area contributed by atoms with Crippen molar-refractivity contribution in [3.05, 3.63) is 29.6 Å². The summed E-state index contributed by atoms with van der Waals surface area (Å²) in [5.41, 5.74) is 0.196. The number of piperidine rings is 1. The molecule has 3 rings (SSSR count). The number of aromatic hydroxyl groups is 1. The van der Waals surface area contributed by atoms with Gasteiger partial charge in [0.15, 0.2) is 0 Å². The molecule has 2 fully saturated rings. The molecule has 0 radical (unpaired) electrons. The molecule has 4 nitrogen and oxygen atoms in total. The molecule has 2 saturated heterocycles. The third kappa shape index (κ3) is 2.88. The van der Waals surface area contributed by atoms with E-state index in [9.17, 15) is 14.3 Å². The average molecular weight is 292 g/mol. The lowest BCUT2D eigenvalue weighted by atomic mass is 9.93. The topological polar surface area (TPSA) is 52.6 Å². The summed E-state index contributed by atoms with van der Waals surface area (Å²) >= 11 is 0. The second-order valence-electron chi connectivity index (χ2n) is 5.93. The quantitative estimate of drug-likeness (QED) is 0.879. The minimum Gasteiger partial charge on any atom is -0.507 e. The molecule has 1 aromatic rings. The fraction of sp³-hybridized carbons (Fsp3) is 0.562. The third-order valence-corrected chi connectivity index (χ3v) is 4.56. The van der Waals surface area contributed by atoms with E-state index >= 15 is 0 Å². The SMILES string of the molecule is O=C(c1ccc(F)cc1O)N1CCCCC1C1CCCN1. The molecule has 0 saturated carbocycles. The lowest BCUT2D eigenvalue weighted by Crippen LogP contribution is -2.52. The number of amides is 1. The molecular formula is C16H21FN2O2. The molecule has 0 bridgehead atoms. The van der Waals surface area contributed by atoms with Crippen molar-refractivity contribution in [2.75, 3.05) is 13.1 Å². The van der Waals surface area contributed by atoms with Crippen LogP contribution in [0.2, 0.25) is 0 Å². The van der Waals surface area contributed by atoms with E-state index in [1.165, 1.54) is 12.1 Å². The van der Waals surface area contributed by atoms with E-state index in [-0.39, 0.29) is 23.3 Å². The Hall–Kier alpha value is -1.62. The van der Waals surface area contributed by atoms with E-state index in [4.69, 9.17) is 0 Å². The zero-order valence-corrected chi connectivity index (χ0v) is 12.0. The van der Waals surface area contributed by atoms with Crippen molar-refractivity contribution in [3.8, 4) is 5.75 Å². The number of phenolic OH excluding ortho intramolecular Hbond substituents is 1. The Labute approximate surface area is 124 Å². The average Bonchev–Trinajstić information content (AvgIpc) is 3.01. The van der Waals surface area contributed by atoms with Gasteiger partial charge < -0.3 is 15.3 Å². The summed E-state index contributed by atoms with van der Waals surface area (Å²) in [4.78, 5) is 14.6. The molecule has 0 aromatic heterocycles. The zero-order chi connectivity index (χ0) is 14.8. The molecule has 2 aliphatic rings. The smallest absolute Gasteiger partial charge is 0.257 e. The lowest BCUT2D eigenvalue weighted by Gasteiger charge is -2.39. The Morgan fingerprint density at radius 1 is 1.29 bits per heavy atom. The molecule has 114 valence electrons. The number of hydrogen-bond donors (Lipinski definition) is 2. The standard InChI is InChI=1S/C16H21FN2O2/c17-11-6-7-12(15(20)10-11)16(21)19-9-2-1-5-14(19)13-4-3-8-18-13/h6-7,10,13-14,18,20H,1-5,8-9H2. The highest BCUT2D eigenvalue weighted by Crippen LogP contribution is 2.28. The molecule has 2 unspecified atom stereocenters. The maximum atomic E-state index is 13.1. The van der Waals surface area contributed by atoms with Crippen molar-refractivity contribution in [2.45, 2.75) is 44.2 Å². The predicted molar refractivity (Wildman–Crippen MR) is 77.8 cm³/mol. The second kappa shape index (κ2) is 6.02. The molecule has 21 heavy (non-hydrogen) atoms. The molecule has 2 heterocycles. The number of carbonyl (C=O) groups excluding carboxylic acids is 1. The van der Waals surface area contributed by atoms with Crippen molar-refractivity contribution < 1.29 is 14.3 Å². The van der Waals surface area contributed by atoms with Gasteiger partial charge in [-0.1, -0.05) is 0 Å². The number of benzene rings is 1. The van der Waals surface area contributed by atoms with Crippen LogP contribution in [0.1, 0.15) is 42.5 Å². The van der Waals surface area contributed by atoms with Crippen molar-refractivity contribution in [3.63, 3.8) is 0 Å². The molecule has 2 N–H and O–H groups in total. The Balaban J connectivity index is 1.83. The fourth-order valence-electron chi connectivity index (χ4n) is 3.51. The number of hydrogen-bond acceptors (Lipinski definition) is 3. The molecule has 1 amide bonds. The first-order valence-electron chi connectivity index (χ1n) is 7.69. The van der Waals surface area contributed by atoms with Crippen LogP contribution >= 0.6 is 0 Å². The van der Waals surface area contributed by atoms with Crippen molar-refractivity contribution in [1.29, 1.82) is 0 Å². The van der Waals surface area contributed by atoms with Crippen LogP contribution in [0.3, 0.4) is 0 Å². The first kappa shape index (κ1) is 14.3. The number of nitrogens with one attached hydrogen (secondary N) is 1. The highest BCUT2D eigenvalue weighted by atomic mass is 19.1. The highest BCUT2D eigenvalue weighted by Gasteiger charge is 2.35. The third-order valence-electron chi connectivity index (χ3n) is 4.56. The number of phenols is 1. The fourth-order valence-corrected chi connectivity index (χ4v) is 3.51. The summed E-state index contributed by atoms with van der Waals surface area (Å²) in [7, 11) is 0. The van der Waals surface area contributed by atoms with Crippen LogP contribution in [-0.2, 0) is 0 Å². The lowest BCUT2D eigenvalue weighted by molar-refractivity contribution is 0.0560. The summed E-state index contributed by atoms with van der Waals surface area (Å²) in [6.45, 7) is 1.71. The van der Waals surface area contributed by atoms with Gasteiger partial charge in [0, 0.05) is 24.7 Å². The van der Waals surface area contributed by atoms with Crippen LogP contribution in [0.15, 0.2) is 18.2 Å². The van der Waals surface area contributed by atoms with Crippen LogP contribution in [0, 0.1) is 5.82 Å². The molecule has 0 spiro atoms. The normalized spacial score (nSPS) is 26.0. The van der Waals surface area contributed by atoms with Crippen molar-refractivity contribution in [1.82, 2.24) is 10.2 Å². The minimum absolute atomic E-state index is 0.179. The van der Waals surface area contributed by atoms with E-state index in [0.29, 0.717) is 12.6 Å². The summed E-state index contributed by atoms with van der Waals surface area (Å²) in [5, 5.41) is 13.3. The van der Waals surface area contributed by atoms with Gasteiger partial charge in [0.05, 0.1) is 5.56 Å². The molecular weight excluding hydrogens is 271 g/mol. The van der Waals surface area contributed by atoms with Gasteiger partial charge in [-0.15, -0.1) is 0 Å². The van der Waals surface area contributed by atoms with Crippen molar-refractivity contribution in [2.24, 2.45) is 0 Å². The number of carbonyl (C=O) groups is 1. The van der Waals surface area contributed by atoms with E-state index in [1.54, 1.807) is 0 Å². The largest absolute Gasteiger partial charge is 0.507 e. The Morgan fingerprint density at radius 2 is 2.14 bits per heavy atom. The molecule has 1 aromatic carbocycles. The minimum atomic E-state index is -0.531. The van der Waals surface area contributed by atoms with Crippen LogP contribution in [0.25, 0.3) is 0 Å². The van der Waals surface area contributed by atoms with Crippen LogP contribution < -0.4 is 5.32 Å². The molecule has 2 atom stereocenters. The van der Waals surface area contributed by atoms with Gasteiger partial charge in [-0.25, -0.2) is 4.39 Å². The summed E-state index contributed by atoms with van der Waals surface area (Å²) in [5.74, 6) is -0.994. The summed E-state index contributed by atoms with van der Waals surface area (Å²) in [6, 6.07) is 4.12. The van der Waals surface area contributed by atoms with Crippen LogP contribution in [0.5, 0.6) is 5.75 Å².